The van der Waals surface area contributed by atoms with Crippen molar-refractivity contribution >= 4 is 17.7 Å². The summed E-state index contributed by atoms with van der Waals surface area (Å²) in [4.78, 5) is 12.8. The molecule has 0 radical (unpaired) electrons. The molecular weight excluding hydrogens is 258 g/mol. The maximum absolute atomic E-state index is 11.6. The minimum absolute atomic E-state index is 0.00629. The van der Waals surface area contributed by atoms with Crippen LogP contribution in [0, 0.1) is 6.92 Å². The highest BCUT2D eigenvalue weighted by molar-refractivity contribution is 7.99. The summed E-state index contributed by atoms with van der Waals surface area (Å²) in [7, 11) is 0. The van der Waals surface area contributed by atoms with Crippen LogP contribution in [0.5, 0.6) is 0 Å². The van der Waals surface area contributed by atoms with E-state index in [-0.39, 0.29) is 12.5 Å². The molecule has 0 saturated heterocycles. The van der Waals surface area contributed by atoms with Gasteiger partial charge in [0.2, 0.25) is 5.91 Å². The third-order valence-electron chi connectivity index (χ3n) is 2.58. The Kier molecular flexibility index (Phi) is 5.03. The van der Waals surface area contributed by atoms with Crippen molar-refractivity contribution in [2.75, 3.05) is 12.3 Å². The third kappa shape index (κ3) is 4.79. The Hall–Kier alpha value is -1.75. The second-order valence-electron chi connectivity index (χ2n) is 4.22. The number of hydrogen-bond donors (Lipinski definition) is 1. The number of aryl methyl sites for hydroxylation is 1. The number of thioether (sulfide) groups is 1. The lowest BCUT2D eigenvalue weighted by Crippen LogP contribution is -2.29. The predicted molar refractivity (Wildman–Crippen MR) is 77.1 cm³/mol. The third-order valence-corrected chi connectivity index (χ3v) is 3.59. The second-order valence-corrected chi connectivity index (χ2v) is 5.38. The monoisotopic (exact) mass is 275 g/mol. The number of aromatic nitrogens is 2. The number of rotatable bonds is 6. The van der Waals surface area contributed by atoms with Crippen molar-refractivity contribution in [2.24, 2.45) is 0 Å². The van der Waals surface area contributed by atoms with Crippen LogP contribution in [-0.4, -0.2) is 28.0 Å². The van der Waals surface area contributed by atoms with Crippen molar-refractivity contribution in [3.63, 3.8) is 0 Å². The number of nitrogens with one attached hydrogen (secondary N) is 1. The molecule has 100 valence electrons. The van der Waals surface area contributed by atoms with Gasteiger partial charge in [0.25, 0.3) is 0 Å². The molecule has 1 aromatic carbocycles. The molecule has 2 aromatic rings. The lowest BCUT2D eigenvalue weighted by molar-refractivity contribution is -0.121. The van der Waals surface area contributed by atoms with E-state index in [0.717, 1.165) is 5.75 Å². The second kappa shape index (κ2) is 6.99. The first-order valence-corrected chi connectivity index (χ1v) is 7.16. The summed E-state index contributed by atoms with van der Waals surface area (Å²) in [5, 5.41) is 6.87. The maximum Gasteiger partial charge on any atom is 0.241 e. The fraction of sp³-hybridized carbons (Fsp3) is 0.286. The van der Waals surface area contributed by atoms with Gasteiger partial charge in [-0.2, -0.15) is 5.10 Å². The first-order chi connectivity index (χ1) is 9.24. The maximum atomic E-state index is 11.6. The van der Waals surface area contributed by atoms with Gasteiger partial charge in [-0.1, -0.05) is 17.7 Å². The number of hydrogen-bond acceptors (Lipinski definition) is 3. The highest BCUT2D eigenvalue weighted by atomic mass is 32.2. The van der Waals surface area contributed by atoms with Crippen LogP contribution in [0.3, 0.4) is 0 Å². The van der Waals surface area contributed by atoms with Gasteiger partial charge in [-0.3, -0.25) is 9.48 Å². The molecule has 0 aliphatic rings. The summed E-state index contributed by atoms with van der Waals surface area (Å²) in [6, 6.07) is 10.2. The van der Waals surface area contributed by atoms with Crippen LogP contribution >= 0.6 is 11.8 Å². The quantitative estimate of drug-likeness (QED) is 0.649. The van der Waals surface area contributed by atoms with E-state index in [9.17, 15) is 4.79 Å². The summed E-state index contributed by atoms with van der Waals surface area (Å²) in [6.07, 6.45) is 3.45. The SMILES string of the molecule is Cc1ccc(SCCNC(=O)Cn2cccn2)cc1. The molecule has 1 amide bonds. The Bertz CT molecular complexity index is 508. The molecule has 1 heterocycles. The molecule has 5 heteroatoms. The molecule has 1 aromatic heterocycles. The Morgan fingerprint density at radius 1 is 1.37 bits per heavy atom. The van der Waals surface area contributed by atoms with E-state index in [0.29, 0.717) is 6.54 Å². The molecule has 1 N–H and O–H groups in total. The number of nitrogens with zero attached hydrogens (tertiary/aromatic N) is 2. The van der Waals surface area contributed by atoms with Crippen LogP contribution in [0.2, 0.25) is 0 Å². The number of carbonyl (C=O) groups is 1. The summed E-state index contributed by atoms with van der Waals surface area (Å²) in [5.41, 5.74) is 1.26. The first kappa shape index (κ1) is 13.7. The number of benzene rings is 1. The van der Waals surface area contributed by atoms with Gasteiger partial charge in [0.1, 0.15) is 6.54 Å². The minimum atomic E-state index is -0.00629. The molecule has 0 atom stereocenters. The van der Waals surface area contributed by atoms with Gasteiger partial charge in [-0.05, 0) is 25.1 Å². The Labute approximate surface area is 117 Å². The largest absolute Gasteiger partial charge is 0.354 e. The highest BCUT2D eigenvalue weighted by Gasteiger charge is 2.01. The molecule has 0 spiro atoms. The first-order valence-electron chi connectivity index (χ1n) is 6.17. The van der Waals surface area contributed by atoms with Crippen LogP contribution < -0.4 is 5.32 Å². The van der Waals surface area contributed by atoms with E-state index in [1.807, 2.05) is 0 Å². The summed E-state index contributed by atoms with van der Waals surface area (Å²) in [6.45, 7) is 3.02. The van der Waals surface area contributed by atoms with E-state index in [1.165, 1.54) is 10.5 Å². The molecule has 0 unspecified atom stereocenters. The van der Waals surface area contributed by atoms with Crippen molar-refractivity contribution in [3.8, 4) is 0 Å². The summed E-state index contributed by atoms with van der Waals surface area (Å²) in [5.74, 6) is 0.863. The normalized spacial score (nSPS) is 10.4. The van der Waals surface area contributed by atoms with E-state index in [1.54, 1.807) is 34.9 Å². The van der Waals surface area contributed by atoms with E-state index < -0.39 is 0 Å². The summed E-state index contributed by atoms with van der Waals surface area (Å²) >= 11 is 1.74. The lowest BCUT2D eigenvalue weighted by Gasteiger charge is -2.05. The Morgan fingerprint density at radius 2 is 2.16 bits per heavy atom. The van der Waals surface area contributed by atoms with Gasteiger partial charge in [-0.15, -0.1) is 11.8 Å². The van der Waals surface area contributed by atoms with Crippen molar-refractivity contribution in [1.82, 2.24) is 15.1 Å². The van der Waals surface area contributed by atoms with E-state index in [4.69, 9.17) is 0 Å². The zero-order valence-corrected chi connectivity index (χ0v) is 11.7. The fourth-order valence-corrected chi connectivity index (χ4v) is 2.36. The fourth-order valence-electron chi connectivity index (χ4n) is 1.59. The molecule has 0 aliphatic carbocycles. The smallest absolute Gasteiger partial charge is 0.241 e. The number of amides is 1. The minimum Gasteiger partial charge on any atom is -0.354 e. The summed E-state index contributed by atoms with van der Waals surface area (Å²) < 4.78 is 1.61. The highest BCUT2D eigenvalue weighted by Crippen LogP contribution is 2.17. The standard InChI is InChI=1S/C14H17N3OS/c1-12-3-5-13(6-4-12)19-10-8-15-14(18)11-17-9-2-7-16-17/h2-7,9H,8,10-11H2,1H3,(H,15,18). The van der Waals surface area contributed by atoms with Crippen LogP contribution in [0.25, 0.3) is 0 Å². The number of carbonyl (C=O) groups excluding carboxylic acids is 1. The van der Waals surface area contributed by atoms with Gasteiger partial charge in [-0.25, -0.2) is 0 Å². The Morgan fingerprint density at radius 3 is 2.84 bits per heavy atom. The van der Waals surface area contributed by atoms with E-state index in [2.05, 4.69) is 41.6 Å². The molecule has 0 saturated carbocycles. The van der Waals surface area contributed by atoms with Gasteiger partial charge in [0.15, 0.2) is 0 Å². The lowest BCUT2D eigenvalue weighted by atomic mass is 10.2. The van der Waals surface area contributed by atoms with Gasteiger partial charge < -0.3 is 5.32 Å². The predicted octanol–water partition coefficient (Wildman–Crippen LogP) is 2.10. The van der Waals surface area contributed by atoms with Crippen molar-refractivity contribution in [3.05, 3.63) is 48.3 Å². The average Bonchev–Trinajstić information content (AvgIpc) is 2.89. The van der Waals surface area contributed by atoms with Gasteiger partial charge in [0.05, 0.1) is 0 Å². The molecule has 0 bridgehead atoms. The molecule has 19 heavy (non-hydrogen) atoms. The molecule has 0 fully saturated rings. The van der Waals surface area contributed by atoms with Crippen molar-refractivity contribution < 1.29 is 4.79 Å². The van der Waals surface area contributed by atoms with Crippen LogP contribution in [-0.2, 0) is 11.3 Å². The van der Waals surface area contributed by atoms with Crippen LogP contribution in [0.15, 0.2) is 47.6 Å². The van der Waals surface area contributed by atoms with Crippen molar-refractivity contribution in [1.29, 1.82) is 0 Å². The van der Waals surface area contributed by atoms with Crippen LogP contribution in [0.4, 0.5) is 0 Å². The molecule has 0 aliphatic heterocycles. The zero-order chi connectivity index (χ0) is 13.5. The van der Waals surface area contributed by atoms with Crippen LogP contribution in [0.1, 0.15) is 5.56 Å². The van der Waals surface area contributed by atoms with Gasteiger partial charge in [0, 0.05) is 29.6 Å². The molecule has 2 rings (SSSR count). The topological polar surface area (TPSA) is 46.9 Å². The molecule has 4 nitrogen and oxygen atoms in total. The zero-order valence-electron chi connectivity index (χ0n) is 10.9. The van der Waals surface area contributed by atoms with Gasteiger partial charge >= 0.3 is 0 Å². The van der Waals surface area contributed by atoms with Crippen molar-refractivity contribution in [2.45, 2.75) is 18.4 Å². The molecular formula is C14H17N3OS. The Balaban J connectivity index is 1.64. The van der Waals surface area contributed by atoms with E-state index >= 15 is 0 Å². The average molecular weight is 275 g/mol.